The molecule has 0 saturated heterocycles. The van der Waals surface area contributed by atoms with Gasteiger partial charge in [-0.15, -0.1) is 10.2 Å². The van der Waals surface area contributed by atoms with Crippen molar-refractivity contribution in [2.75, 3.05) is 11.1 Å². The molecule has 6 nitrogen and oxygen atoms in total. The van der Waals surface area contributed by atoms with Gasteiger partial charge in [0.05, 0.1) is 5.75 Å². The first-order valence-corrected chi connectivity index (χ1v) is 9.10. The average Bonchev–Trinajstić information content (AvgIpc) is 2.63. The maximum absolute atomic E-state index is 12.1. The van der Waals surface area contributed by atoms with E-state index in [4.69, 9.17) is 0 Å². The molecular formula is C17H13BrN4O2S. The quantitative estimate of drug-likeness (QED) is 0.622. The van der Waals surface area contributed by atoms with Gasteiger partial charge in [-0.1, -0.05) is 58.0 Å². The zero-order chi connectivity index (χ0) is 17.6. The maximum Gasteiger partial charge on any atom is 0.278 e. The fourth-order valence-corrected chi connectivity index (χ4v) is 2.90. The summed E-state index contributed by atoms with van der Waals surface area (Å²) in [6, 6.07) is 16.4. The zero-order valence-electron chi connectivity index (χ0n) is 12.9. The predicted octanol–water partition coefficient (Wildman–Crippen LogP) is 3.33. The van der Waals surface area contributed by atoms with Crippen LogP contribution in [0, 0.1) is 0 Å². The Morgan fingerprint density at radius 2 is 1.80 bits per heavy atom. The van der Waals surface area contributed by atoms with Crippen LogP contribution in [0.1, 0.15) is 0 Å². The number of aromatic nitrogens is 3. The SMILES string of the molecule is O=C(CSc1nnc(-c2ccccc2)c(=O)[nH]1)Nc1ccc(Br)cc1. The van der Waals surface area contributed by atoms with Crippen molar-refractivity contribution in [1.82, 2.24) is 15.2 Å². The van der Waals surface area contributed by atoms with Crippen molar-refractivity contribution >= 4 is 39.3 Å². The van der Waals surface area contributed by atoms with Crippen molar-refractivity contribution in [2.45, 2.75) is 5.16 Å². The van der Waals surface area contributed by atoms with E-state index in [0.29, 0.717) is 16.4 Å². The standard InChI is InChI=1S/C17H13BrN4O2S/c18-12-6-8-13(9-7-12)19-14(23)10-25-17-20-16(24)15(21-22-17)11-4-2-1-3-5-11/h1-9H,10H2,(H,19,23)(H,20,22,24). The Kier molecular flexibility index (Phi) is 5.62. The summed E-state index contributed by atoms with van der Waals surface area (Å²) in [6.45, 7) is 0. The van der Waals surface area contributed by atoms with Crippen molar-refractivity contribution in [3.05, 3.63) is 69.4 Å². The lowest BCUT2D eigenvalue weighted by Crippen LogP contribution is -2.17. The molecule has 126 valence electrons. The molecule has 1 amide bonds. The van der Waals surface area contributed by atoms with E-state index in [1.54, 1.807) is 24.3 Å². The van der Waals surface area contributed by atoms with Gasteiger partial charge in [0, 0.05) is 15.7 Å². The molecule has 0 aliphatic heterocycles. The molecule has 3 rings (SSSR count). The Morgan fingerprint density at radius 1 is 1.08 bits per heavy atom. The Morgan fingerprint density at radius 3 is 2.48 bits per heavy atom. The molecular weight excluding hydrogens is 404 g/mol. The number of nitrogens with zero attached hydrogens (tertiary/aromatic N) is 2. The molecule has 0 aliphatic rings. The van der Waals surface area contributed by atoms with E-state index < -0.39 is 0 Å². The lowest BCUT2D eigenvalue weighted by Gasteiger charge is -2.05. The van der Waals surface area contributed by atoms with Crippen LogP contribution in [0.2, 0.25) is 0 Å². The molecule has 0 fully saturated rings. The fourth-order valence-electron chi connectivity index (χ4n) is 2.04. The number of rotatable bonds is 5. The van der Waals surface area contributed by atoms with Gasteiger partial charge in [-0.25, -0.2) is 0 Å². The minimum absolute atomic E-state index is 0.116. The van der Waals surface area contributed by atoms with Crippen LogP contribution in [0.15, 0.2) is 69.0 Å². The number of halogens is 1. The highest BCUT2D eigenvalue weighted by molar-refractivity contribution is 9.10. The number of carbonyl (C=O) groups excluding carboxylic acids is 1. The number of H-pyrrole nitrogens is 1. The van der Waals surface area contributed by atoms with Gasteiger partial charge in [0.2, 0.25) is 5.91 Å². The van der Waals surface area contributed by atoms with Gasteiger partial charge >= 0.3 is 0 Å². The van der Waals surface area contributed by atoms with Crippen molar-refractivity contribution in [3.63, 3.8) is 0 Å². The van der Waals surface area contributed by atoms with Crippen molar-refractivity contribution in [3.8, 4) is 11.3 Å². The predicted molar refractivity (Wildman–Crippen MR) is 102 cm³/mol. The first-order valence-electron chi connectivity index (χ1n) is 7.32. The Labute approximate surface area is 156 Å². The summed E-state index contributed by atoms with van der Waals surface area (Å²) < 4.78 is 0.936. The molecule has 0 radical (unpaired) electrons. The molecule has 1 heterocycles. The van der Waals surface area contributed by atoms with Crippen molar-refractivity contribution in [1.29, 1.82) is 0 Å². The number of hydrogen-bond acceptors (Lipinski definition) is 5. The van der Waals surface area contributed by atoms with Gasteiger partial charge in [0.25, 0.3) is 5.56 Å². The highest BCUT2D eigenvalue weighted by Gasteiger charge is 2.09. The van der Waals surface area contributed by atoms with E-state index in [-0.39, 0.29) is 22.9 Å². The van der Waals surface area contributed by atoms with Crippen LogP contribution in [0.3, 0.4) is 0 Å². The second-order valence-corrected chi connectivity index (χ2v) is 6.90. The minimum Gasteiger partial charge on any atom is -0.325 e. The monoisotopic (exact) mass is 416 g/mol. The van der Waals surface area contributed by atoms with Gasteiger partial charge in [-0.3, -0.25) is 14.6 Å². The normalized spacial score (nSPS) is 10.4. The molecule has 0 spiro atoms. The van der Waals surface area contributed by atoms with Crippen LogP contribution in [0.25, 0.3) is 11.3 Å². The van der Waals surface area contributed by atoms with Crippen LogP contribution < -0.4 is 10.9 Å². The highest BCUT2D eigenvalue weighted by atomic mass is 79.9. The van der Waals surface area contributed by atoms with Gasteiger partial charge < -0.3 is 5.32 Å². The number of nitrogens with one attached hydrogen (secondary N) is 2. The fraction of sp³-hybridized carbons (Fsp3) is 0.0588. The summed E-state index contributed by atoms with van der Waals surface area (Å²) in [7, 11) is 0. The van der Waals surface area contributed by atoms with Crippen LogP contribution >= 0.6 is 27.7 Å². The second-order valence-electron chi connectivity index (χ2n) is 5.02. The topological polar surface area (TPSA) is 87.7 Å². The minimum atomic E-state index is -0.336. The Bertz CT molecular complexity index is 929. The van der Waals surface area contributed by atoms with Gasteiger partial charge in [0.15, 0.2) is 10.9 Å². The third kappa shape index (κ3) is 4.77. The lowest BCUT2D eigenvalue weighted by molar-refractivity contribution is -0.113. The second kappa shape index (κ2) is 8.09. The van der Waals surface area contributed by atoms with E-state index in [0.717, 1.165) is 16.2 Å². The smallest absolute Gasteiger partial charge is 0.278 e. The van der Waals surface area contributed by atoms with Crippen LogP contribution in [-0.4, -0.2) is 26.8 Å². The Hall–Kier alpha value is -2.45. The molecule has 0 aliphatic carbocycles. The van der Waals surface area contributed by atoms with E-state index >= 15 is 0 Å². The number of thioether (sulfide) groups is 1. The van der Waals surface area contributed by atoms with Crippen LogP contribution in [0.5, 0.6) is 0 Å². The first-order chi connectivity index (χ1) is 12.1. The van der Waals surface area contributed by atoms with Crippen LogP contribution in [-0.2, 0) is 4.79 Å². The van der Waals surface area contributed by atoms with E-state index in [1.165, 1.54) is 0 Å². The largest absolute Gasteiger partial charge is 0.325 e. The molecule has 3 aromatic rings. The molecule has 8 heteroatoms. The number of benzene rings is 2. The maximum atomic E-state index is 12.1. The van der Waals surface area contributed by atoms with E-state index in [1.807, 2.05) is 30.3 Å². The molecule has 2 N–H and O–H groups in total. The van der Waals surface area contributed by atoms with Gasteiger partial charge in [-0.2, -0.15) is 0 Å². The van der Waals surface area contributed by atoms with E-state index in [2.05, 4.69) is 36.4 Å². The number of aromatic amines is 1. The van der Waals surface area contributed by atoms with Crippen molar-refractivity contribution < 1.29 is 4.79 Å². The molecule has 0 atom stereocenters. The van der Waals surface area contributed by atoms with Gasteiger partial charge in [0.1, 0.15) is 0 Å². The highest BCUT2D eigenvalue weighted by Crippen LogP contribution is 2.16. The number of carbonyl (C=O) groups is 1. The first kappa shape index (κ1) is 17.4. The van der Waals surface area contributed by atoms with Gasteiger partial charge in [-0.05, 0) is 24.3 Å². The summed E-state index contributed by atoms with van der Waals surface area (Å²) in [5, 5.41) is 11.0. The summed E-state index contributed by atoms with van der Waals surface area (Å²) in [5.74, 6) is -0.0761. The summed E-state index contributed by atoms with van der Waals surface area (Å²) in [6.07, 6.45) is 0. The third-order valence-corrected chi connectivity index (χ3v) is 4.58. The number of amides is 1. The molecule has 0 bridgehead atoms. The molecule has 1 aromatic heterocycles. The summed E-state index contributed by atoms with van der Waals surface area (Å²) in [4.78, 5) is 26.7. The molecule has 25 heavy (non-hydrogen) atoms. The van der Waals surface area contributed by atoms with Crippen LogP contribution in [0.4, 0.5) is 5.69 Å². The molecule has 2 aromatic carbocycles. The summed E-state index contributed by atoms with van der Waals surface area (Å²) in [5.41, 5.74) is 1.31. The number of hydrogen-bond donors (Lipinski definition) is 2. The molecule has 0 unspecified atom stereocenters. The third-order valence-electron chi connectivity index (χ3n) is 3.19. The average molecular weight is 417 g/mol. The Balaban J connectivity index is 1.62. The van der Waals surface area contributed by atoms with E-state index in [9.17, 15) is 9.59 Å². The van der Waals surface area contributed by atoms with Crippen molar-refractivity contribution in [2.24, 2.45) is 0 Å². The zero-order valence-corrected chi connectivity index (χ0v) is 15.3. The molecule has 0 saturated carbocycles. The lowest BCUT2D eigenvalue weighted by atomic mass is 10.2. The summed E-state index contributed by atoms with van der Waals surface area (Å²) >= 11 is 4.46. The number of anilines is 1.